The topological polar surface area (TPSA) is 92.5 Å². The molecule has 1 aromatic carbocycles. The van der Waals surface area contributed by atoms with Gasteiger partial charge in [-0.1, -0.05) is 0 Å². The lowest BCUT2D eigenvalue weighted by atomic mass is 10.1. The van der Waals surface area contributed by atoms with Crippen molar-refractivity contribution < 1.29 is 0 Å². The molecule has 4 N–H and O–H groups in total. The Morgan fingerprint density at radius 1 is 1.22 bits per heavy atom. The minimum atomic E-state index is 0.565. The largest absolute Gasteiger partial charge is 0.398 e. The summed E-state index contributed by atoms with van der Waals surface area (Å²) >= 11 is 0. The van der Waals surface area contributed by atoms with Crippen molar-refractivity contribution in [2.24, 2.45) is 0 Å². The Hall–Kier alpha value is -2.63. The maximum Gasteiger partial charge on any atom is 0.143 e. The first-order valence-electron chi connectivity index (χ1n) is 5.56. The quantitative estimate of drug-likeness (QED) is 0.604. The summed E-state index contributed by atoms with van der Waals surface area (Å²) in [6.45, 7) is 0.565. The van der Waals surface area contributed by atoms with Crippen LogP contribution < -0.4 is 11.1 Å². The molecule has 0 radical (unpaired) electrons. The molecule has 2 aromatic heterocycles. The summed E-state index contributed by atoms with van der Waals surface area (Å²) in [7, 11) is 0. The Balaban J connectivity index is 1.94. The maximum atomic E-state index is 5.92. The molecular weight excluding hydrogens is 228 g/mol. The number of rotatable bonds is 3. The lowest BCUT2D eigenvalue weighted by Gasteiger charge is -2.09. The van der Waals surface area contributed by atoms with Crippen LogP contribution in [0.25, 0.3) is 10.9 Å². The van der Waals surface area contributed by atoms with Crippen LogP contribution in [0.3, 0.4) is 0 Å². The molecule has 3 rings (SSSR count). The van der Waals surface area contributed by atoms with E-state index in [1.807, 2.05) is 24.3 Å². The van der Waals surface area contributed by atoms with Crippen LogP contribution >= 0.6 is 0 Å². The number of nitrogens with two attached hydrogens (primary N) is 1. The Morgan fingerprint density at radius 2 is 2.17 bits per heavy atom. The number of nitrogen functional groups attached to an aromatic ring is 1. The highest BCUT2D eigenvalue weighted by Crippen LogP contribution is 2.26. The first kappa shape index (κ1) is 10.5. The predicted molar refractivity (Wildman–Crippen MR) is 69.9 cm³/mol. The summed E-state index contributed by atoms with van der Waals surface area (Å²) < 4.78 is 0. The SMILES string of the molecule is Nc1ccc(NCc2ncn[nH]2)c2ncccc12. The molecule has 0 saturated carbocycles. The number of benzene rings is 1. The van der Waals surface area contributed by atoms with Crippen molar-refractivity contribution in [1.82, 2.24) is 20.2 Å². The molecule has 2 heterocycles. The van der Waals surface area contributed by atoms with Gasteiger partial charge in [0.05, 0.1) is 17.7 Å². The number of pyridine rings is 1. The maximum absolute atomic E-state index is 5.92. The fraction of sp³-hybridized carbons (Fsp3) is 0.0833. The normalized spacial score (nSPS) is 10.7. The molecule has 0 fully saturated rings. The summed E-state index contributed by atoms with van der Waals surface area (Å²) in [5.41, 5.74) is 8.43. The van der Waals surface area contributed by atoms with E-state index in [1.54, 1.807) is 6.20 Å². The molecule has 18 heavy (non-hydrogen) atoms. The van der Waals surface area contributed by atoms with Gasteiger partial charge in [-0.2, -0.15) is 5.10 Å². The highest BCUT2D eigenvalue weighted by Gasteiger charge is 2.05. The second kappa shape index (κ2) is 4.33. The van der Waals surface area contributed by atoms with Gasteiger partial charge in [-0.05, 0) is 24.3 Å². The zero-order valence-corrected chi connectivity index (χ0v) is 9.59. The van der Waals surface area contributed by atoms with Gasteiger partial charge in [0, 0.05) is 17.3 Å². The number of fused-ring (bicyclic) bond motifs is 1. The molecule has 0 unspecified atom stereocenters. The van der Waals surface area contributed by atoms with Crippen molar-refractivity contribution in [2.75, 3.05) is 11.1 Å². The number of hydrogen-bond donors (Lipinski definition) is 3. The standard InChI is InChI=1S/C12H12N6/c13-9-3-4-10(12-8(9)2-1-5-14-12)15-6-11-16-7-17-18-11/h1-5,7,15H,6,13H2,(H,16,17,18). The summed E-state index contributed by atoms with van der Waals surface area (Å²) in [5.74, 6) is 0.774. The third-order valence-electron chi connectivity index (χ3n) is 2.71. The number of nitrogens with one attached hydrogen (secondary N) is 2. The lowest BCUT2D eigenvalue weighted by Crippen LogP contribution is -2.03. The minimum absolute atomic E-state index is 0.565. The van der Waals surface area contributed by atoms with Crippen LogP contribution in [0.4, 0.5) is 11.4 Å². The van der Waals surface area contributed by atoms with E-state index >= 15 is 0 Å². The molecule has 0 aliphatic carbocycles. The van der Waals surface area contributed by atoms with E-state index < -0.39 is 0 Å². The summed E-state index contributed by atoms with van der Waals surface area (Å²) in [6.07, 6.45) is 3.23. The second-order valence-corrected chi connectivity index (χ2v) is 3.89. The van der Waals surface area contributed by atoms with Crippen LogP contribution in [0.15, 0.2) is 36.8 Å². The first-order valence-corrected chi connectivity index (χ1v) is 5.56. The minimum Gasteiger partial charge on any atom is -0.398 e. The van der Waals surface area contributed by atoms with Crippen LogP contribution in [-0.2, 0) is 6.54 Å². The Morgan fingerprint density at radius 3 is 3.00 bits per heavy atom. The fourth-order valence-corrected chi connectivity index (χ4v) is 1.83. The van der Waals surface area contributed by atoms with Crippen molar-refractivity contribution in [2.45, 2.75) is 6.54 Å². The van der Waals surface area contributed by atoms with Gasteiger partial charge in [0.2, 0.25) is 0 Å². The van der Waals surface area contributed by atoms with Gasteiger partial charge in [0.25, 0.3) is 0 Å². The molecular formula is C12H12N6. The third kappa shape index (κ3) is 1.84. The highest BCUT2D eigenvalue weighted by molar-refractivity contribution is 5.98. The number of aromatic amines is 1. The van der Waals surface area contributed by atoms with Gasteiger partial charge in [-0.25, -0.2) is 4.98 Å². The zero-order chi connectivity index (χ0) is 12.4. The van der Waals surface area contributed by atoms with E-state index in [4.69, 9.17) is 5.73 Å². The van der Waals surface area contributed by atoms with E-state index in [2.05, 4.69) is 25.5 Å². The summed E-state index contributed by atoms with van der Waals surface area (Å²) in [5, 5.41) is 10.8. The van der Waals surface area contributed by atoms with Crippen LogP contribution in [-0.4, -0.2) is 20.2 Å². The molecule has 3 aromatic rings. The van der Waals surface area contributed by atoms with Crippen molar-refractivity contribution >= 4 is 22.3 Å². The Labute approximate surface area is 103 Å². The van der Waals surface area contributed by atoms with Gasteiger partial charge in [0.1, 0.15) is 12.2 Å². The van der Waals surface area contributed by atoms with Gasteiger partial charge in [-0.3, -0.25) is 10.1 Å². The van der Waals surface area contributed by atoms with E-state index in [9.17, 15) is 0 Å². The van der Waals surface area contributed by atoms with Gasteiger partial charge >= 0.3 is 0 Å². The first-order chi connectivity index (χ1) is 8.84. The fourth-order valence-electron chi connectivity index (χ4n) is 1.83. The lowest BCUT2D eigenvalue weighted by molar-refractivity contribution is 0.955. The van der Waals surface area contributed by atoms with Crippen molar-refractivity contribution in [3.8, 4) is 0 Å². The van der Waals surface area contributed by atoms with Crippen LogP contribution in [0.5, 0.6) is 0 Å². The number of hydrogen-bond acceptors (Lipinski definition) is 5. The third-order valence-corrected chi connectivity index (χ3v) is 2.71. The van der Waals surface area contributed by atoms with Crippen molar-refractivity contribution in [3.63, 3.8) is 0 Å². The monoisotopic (exact) mass is 240 g/mol. The van der Waals surface area contributed by atoms with Crippen LogP contribution in [0.2, 0.25) is 0 Å². The van der Waals surface area contributed by atoms with Crippen LogP contribution in [0, 0.1) is 0 Å². The molecule has 0 saturated heterocycles. The molecule has 90 valence electrons. The highest BCUT2D eigenvalue weighted by atomic mass is 15.2. The average Bonchev–Trinajstić information content (AvgIpc) is 2.92. The molecule has 0 spiro atoms. The summed E-state index contributed by atoms with van der Waals surface area (Å²) in [4.78, 5) is 8.41. The zero-order valence-electron chi connectivity index (χ0n) is 9.59. The Kier molecular flexibility index (Phi) is 2.53. The van der Waals surface area contributed by atoms with Gasteiger partial charge < -0.3 is 11.1 Å². The molecule has 0 bridgehead atoms. The van der Waals surface area contributed by atoms with Crippen LogP contribution in [0.1, 0.15) is 5.82 Å². The van der Waals surface area contributed by atoms with E-state index in [0.29, 0.717) is 6.54 Å². The molecule has 0 aliphatic rings. The van der Waals surface area contributed by atoms with Gasteiger partial charge in [-0.15, -0.1) is 0 Å². The van der Waals surface area contributed by atoms with E-state index in [0.717, 1.165) is 28.1 Å². The molecule has 0 atom stereocenters. The Bertz CT molecular complexity index is 661. The predicted octanol–water partition coefficient (Wildman–Crippen LogP) is 1.55. The van der Waals surface area contributed by atoms with Gasteiger partial charge in [0.15, 0.2) is 0 Å². The van der Waals surface area contributed by atoms with E-state index in [-0.39, 0.29) is 0 Å². The number of nitrogens with zero attached hydrogens (tertiary/aromatic N) is 3. The molecule has 6 nitrogen and oxygen atoms in total. The molecule has 6 heteroatoms. The smallest absolute Gasteiger partial charge is 0.143 e. The molecule has 0 amide bonds. The van der Waals surface area contributed by atoms with E-state index in [1.165, 1.54) is 6.33 Å². The number of anilines is 2. The average molecular weight is 240 g/mol. The number of aromatic nitrogens is 4. The number of H-pyrrole nitrogens is 1. The van der Waals surface area contributed by atoms with Crippen molar-refractivity contribution in [1.29, 1.82) is 0 Å². The second-order valence-electron chi connectivity index (χ2n) is 3.89. The summed E-state index contributed by atoms with van der Waals surface area (Å²) in [6, 6.07) is 7.62. The molecule has 0 aliphatic heterocycles. The van der Waals surface area contributed by atoms with Crippen molar-refractivity contribution in [3.05, 3.63) is 42.6 Å².